The van der Waals surface area contributed by atoms with Gasteiger partial charge in [-0.05, 0) is 23.6 Å². The molecular weight excluding hydrogens is 162 g/mol. The lowest BCUT2D eigenvalue weighted by atomic mass is 10.6. The molecule has 1 heterocycles. The van der Waals surface area contributed by atoms with Gasteiger partial charge in [0.1, 0.15) is 0 Å². The van der Waals surface area contributed by atoms with Crippen LogP contribution in [0.4, 0.5) is 0 Å². The maximum absolute atomic E-state index is 2.21. The van der Waals surface area contributed by atoms with Crippen LogP contribution in [0.15, 0.2) is 21.7 Å². The van der Waals surface area contributed by atoms with E-state index in [2.05, 4.69) is 24.4 Å². The second kappa shape index (κ2) is 5.77. The first-order valence-corrected chi connectivity index (χ1v) is 4.96. The zero-order valence-electron chi connectivity index (χ0n) is 6.17. The van der Waals surface area contributed by atoms with E-state index in [9.17, 15) is 0 Å². The second-order valence-corrected chi connectivity index (χ2v) is 4.12. The molecule has 0 atom stereocenters. The van der Waals surface area contributed by atoms with Crippen molar-refractivity contribution in [1.29, 1.82) is 0 Å². The lowest BCUT2D eigenvalue weighted by molar-refractivity contribution is 1.11. The Balaban J connectivity index is 0.000000810. The zero-order chi connectivity index (χ0) is 6.53. The van der Waals surface area contributed by atoms with E-state index in [0.717, 1.165) is 0 Å². The zero-order valence-corrected chi connectivity index (χ0v) is 7.80. The van der Waals surface area contributed by atoms with E-state index in [-0.39, 0.29) is 6.15 Å². The Morgan fingerprint density at radius 3 is 2.90 bits per heavy atom. The first kappa shape index (κ1) is 10.0. The first-order valence-electron chi connectivity index (χ1n) is 3.10. The van der Waals surface area contributed by atoms with Crippen LogP contribution in [0.1, 0.15) is 13.3 Å². The van der Waals surface area contributed by atoms with Crippen molar-refractivity contribution in [2.24, 2.45) is 0 Å². The highest BCUT2D eigenvalue weighted by molar-refractivity contribution is 8.01. The summed E-state index contributed by atoms with van der Waals surface area (Å²) in [5.74, 6) is 1.25. The molecule has 1 aromatic heterocycles. The Morgan fingerprint density at radius 1 is 1.60 bits per heavy atom. The topological polar surface area (TPSA) is 35.0 Å². The van der Waals surface area contributed by atoms with Gasteiger partial charge in [-0.15, -0.1) is 23.1 Å². The quantitative estimate of drug-likeness (QED) is 0.714. The van der Waals surface area contributed by atoms with Crippen molar-refractivity contribution >= 4 is 23.1 Å². The van der Waals surface area contributed by atoms with Gasteiger partial charge in [0, 0.05) is 0 Å². The van der Waals surface area contributed by atoms with Crippen molar-refractivity contribution in [3.05, 3.63) is 17.5 Å². The number of thiophene rings is 1. The summed E-state index contributed by atoms with van der Waals surface area (Å²) in [6.45, 7) is 2.21. The van der Waals surface area contributed by atoms with Crippen LogP contribution in [0.25, 0.3) is 0 Å². The molecule has 0 unspecified atom stereocenters. The largest absolute Gasteiger partial charge is 0.344 e. The molecule has 3 N–H and O–H groups in total. The third-order valence-electron chi connectivity index (χ3n) is 0.944. The molecule has 0 fully saturated rings. The van der Waals surface area contributed by atoms with E-state index < -0.39 is 0 Å². The van der Waals surface area contributed by atoms with Crippen LogP contribution in [0, 0.1) is 0 Å². The van der Waals surface area contributed by atoms with E-state index in [0.29, 0.717) is 0 Å². The Labute approximate surface area is 70.4 Å². The number of thioether (sulfide) groups is 1. The van der Waals surface area contributed by atoms with Crippen LogP contribution in [-0.4, -0.2) is 5.75 Å². The minimum Gasteiger partial charge on any atom is -0.344 e. The molecule has 0 aliphatic heterocycles. The Kier molecular flexibility index (Phi) is 5.78. The highest BCUT2D eigenvalue weighted by atomic mass is 32.2. The van der Waals surface area contributed by atoms with Crippen LogP contribution in [0.2, 0.25) is 0 Å². The molecule has 0 amide bonds. The van der Waals surface area contributed by atoms with E-state index in [1.54, 1.807) is 0 Å². The molecule has 0 radical (unpaired) electrons. The Morgan fingerprint density at radius 2 is 2.40 bits per heavy atom. The molecule has 0 aliphatic rings. The van der Waals surface area contributed by atoms with Gasteiger partial charge in [-0.2, -0.15) is 0 Å². The number of hydrogen-bond donors (Lipinski definition) is 1. The molecular formula is C7H13NS2. The van der Waals surface area contributed by atoms with Gasteiger partial charge in [-0.1, -0.05) is 13.0 Å². The predicted octanol–water partition coefficient (Wildman–Crippen LogP) is 3.41. The number of hydrogen-bond acceptors (Lipinski definition) is 3. The van der Waals surface area contributed by atoms with Gasteiger partial charge in [0.15, 0.2) is 0 Å². The fraction of sp³-hybridized carbons (Fsp3) is 0.429. The smallest absolute Gasteiger partial charge is 0.0598 e. The summed E-state index contributed by atoms with van der Waals surface area (Å²) in [6.07, 6.45) is 1.27. The van der Waals surface area contributed by atoms with Crippen molar-refractivity contribution in [2.75, 3.05) is 5.75 Å². The third-order valence-corrected chi connectivity index (χ3v) is 3.28. The predicted molar refractivity (Wildman–Crippen MR) is 50.4 cm³/mol. The second-order valence-electron chi connectivity index (χ2n) is 1.78. The highest BCUT2D eigenvalue weighted by Crippen LogP contribution is 2.23. The van der Waals surface area contributed by atoms with E-state index in [4.69, 9.17) is 0 Å². The van der Waals surface area contributed by atoms with Gasteiger partial charge in [0.05, 0.1) is 4.21 Å². The van der Waals surface area contributed by atoms with E-state index >= 15 is 0 Å². The fourth-order valence-electron chi connectivity index (χ4n) is 0.548. The first-order chi connectivity index (χ1) is 4.43. The highest BCUT2D eigenvalue weighted by Gasteiger charge is 1.89. The molecule has 3 heteroatoms. The van der Waals surface area contributed by atoms with Gasteiger partial charge in [0.2, 0.25) is 0 Å². The summed E-state index contributed by atoms with van der Waals surface area (Å²) in [4.78, 5) is 0. The number of rotatable bonds is 3. The molecule has 0 aliphatic carbocycles. The third kappa shape index (κ3) is 3.25. The van der Waals surface area contributed by atoms with Gasteiger partial charge in [-0.3, -0.25) is 0 Å². The molecule has 10 heavy (non-hydrogen) atoms. The van der Waals surface area contributed by atoms with Crippen molar-refractivity contribution < 1.29 is 0 Å². The maximum atomic E-state index is 2.21. The average molecular weight is 175 g/mol. The summed E-state index contributed by atoms with van der Waals surface area (Å²) in [5.41, 5.74) is 0. The summed E-state index contributed by atoms with van der Waals surface area (Å²) in [5, 5.41) is 2.12. The van der Waals surface area contributed by atoms with Crippen molar-refractivity contribution in [1.82, 2.24) is 6.15 Å². The molecule has 1 aromatic rings. The van der Waals surface area contributed by atoms with E-state index in [1.807, 2.05) is 23.1 Å². The molecule has 0 saturated carbocycles. The van der Waals surface area contributed by atoms with Gasteiger partial charge >= 0.3 is 0 Å². The monoisotopic (exact) mass is 175 g/mol. The lowest BCUT2D eigenvalue weighted by Gasteiger charge is -1.90. The normalized spacial score (nSPS) is 8.90. The standard InChI is InChI=1S/C7H10S2.H3N/c1-2-5-8-7-4-3-6-9-7;/h3-4,6H,2,5H2,1H3;1H3. The fourth-order valence-corrected chi connectivity index (χ4v) is 2.27. The molecule has 1 nitrogen and oxygen atoms in total. The van der Waals surface area contributed by atoms with Gasteiger partial charge in [0.25, 0.3) is 0 Å². The van der Waals surface area contributed by atoms with Crippen LogP contribution in [-0.2, 0) is 0 Å². The summed E-state index contributed by atoms with van der Waals surface area (Å²) in [6, 6.07) is 4.27. The minimum atomic E-state index is 0. The van der Waals surface area contributed by atoms with Crippen LogP contribution >= 0.6 is 23.1 Å². The molecule has 0 spiro atoms. The van der Waals surface area contributed by atoms with Crippen LogP contribution in [0.5, 0.6) is 0 Å². The molecule has 58 valence electrons. The van der Waals surface area contributed by atoms with Crippen LogP contribution in [0.3, 0.4) is 0 Å². The van der Waals surface area contributed by atoms with Gasteiger partial charge in [-0.25, -0.2) is 0 Å². The lowest BCUT2D eigenvalue weighted by Crippen LogP contribution is -1.68. The summed E-state index contributed by atoms with van der Waals surface area (Å²) >= 11 is 3.77. The van der Waals surface area contributed by atoms with Crippen LogP contribution < -0.4 is 6.15 Å². The minimum absolute atomic E-state index is 0. The summed E-state index contributed by atoms with van der Waals surface area (Å²) < 4.78 is 1.44. The summed E-state index contributed by atoms with van der Waals surface area (Å²) in [7, 11) is 0. The van der Waals surface area contributed by atoms with Crippen molar-refractivity contribution in [3.63, 3.8) is 0 Å². The van der Waals surface area contributed by atoms with E-state index in [1.165, 1.54) is 16.4 Å². The molecule has 1 rings (SSSR count). The SMILES string of the molecule is CCCSc1cccs1.N. The Bertz CT molecular complexity index is 149. The Hall–Kier alpha value is 0.01000. The molecule has 0 bridgehead atoms. The maximum Gasteiger partial charge on any atom is 0.0598 e. The molecule has 0 aromatic carbocycles. The van der Waals surface area contributed by atoms with Crippen molar-refractivity contribution in [2.45, 2.75) is 17.6 Å². The van der Waals surface area contributed by atoms with Crippen molar-refractivity contribution in [3.8, 4) is 0 Å². The van der Waals surface area contributed by atoms with Gasteiger partial charge < -0.3 is 6.15 Å². The molecule has 0 saturated heterocycles. The average Bonchev–Trinajstić information content (AvgIpc) is 2.34.